The minimum absolute atomic E-state index is 0.109. The number of amides is 1. The molecule has 1 heterocycles. The molecular formula is C22H22ClNO5S2. The van der Waals surface area contributed by atoms with Crippen LogP contribution in [0, 0.1) is 0 Å². The van der Waals surface area contributed by atoms with Crippen molar-refractivity contribution in [1.29, 1.82) is 0 Å². The van der Waals surface area contributed by atoms with Crippen LogP contribution >= 0.6 is 35.6 Å². The minimum Gasteiger partial charge on any atom is -0.497 e. The third-order valence-electron chi connectivity index (χ3n) is 4.38. The van der Waals surface area contributed by atoms with Gasteiger partial charge in [-0.3, -0.25) is 9.69 Å². The molecule has 0 saturated carbocycles. The molecule has 164 valence electrons. The van der Waals surface area contributed by atoms with E-state index in [1.54, 1.807) is 36.3 Å². The largest absolute Gasteiger partial charge is 0.497 e. The number of hydrogen-bond donors (Lipinski definition) is 0. The summed E-state index contributed by atoms with van der Waals surface area (Å²) in [4.78, 5) is 14.5. The molecule has 6 nitrogen and oxygen atoms in total. The van der Waals surface area contributed by atoms with Crippen LogP contribution in [0.2, 0.25) is 5.02 Å². The van der Waals surface area contributed by atoms with Gasteiger partial charge in [0.2, 0.25) is 0 Å². The van der Waals surface area contributed by atoms with E-state index in [9.17, 15) is 4.79 Å². The van der Waals surface area contributed by atoms with E-state index in [-0.39, 0.29) is 12.5 Å². The van der Waals surface area contributed by atoms with E-state index < -0.39 is 0 Å². The van der Waals surface area contributed by atoms with Gasteiger partial charge >= 0.3 is 0 Å². The van der Waals surface area contributed by atoms with Gasteiger partial charge in [-0.05, 0) is 42.8 Å². The summed E-state index contributed by atoms with van der Waals surface area (Å²) in [6.45, 7) is 3.00. The number of ether oxygens (including phenoxy) is 4. The number of nitrogens with zero attached hydrogens (tertiary/aromatic N) is 1. The van der Waals surface area contributed by atoms with Gasteiger partial charge in [0.15, 0.2) is 11.5 Å². The average molecular weight is 480 g/mol. The van der Waals surface area contributed by atoms with Crippen molar-refractivity contribution in [3.63, 3.8) is 0 Å². The molecule has 0 atom stereocenters. The van der Waals surface area contributed by atoms with E-state index in [2.05, 4.69) is 0 Å². The van der Waals surface area contributed by atoms with Gasteiger partial charge in [-0.25, -0.2) is 0 Å². The number of benzene rings is 2. The highest BCUT2D eigenvalue weighted by molar-refractivity contribution is 8.26. The fraction of sp³-hybridized carbons (Fsp3) is 0.273. The van der Waals surface area contributed by atoms with Gasteiger partial charge in [0.1, 0.15) is 29.0 Å². The molecule has 1 amide bonds. The number of likely N-dealkylation sites (N-methyl/N-ethyl adjacent to an activating group) is 1. The average Bonchev–Trinajstić information content (AvgIpc) is 3.04. The highest BCUT2D eigenvalue weighted by Gasteiger charge is 2.30. The summed E-state index contributed by atoms with van der Waals surface area (Å²) in [5, 5.41) is 0.373. The molecule has 0 bridgehead atoms. The number of carbonyl (C=O) groups is 1. The van der Waals surface area contributed by atoms with Crippen LogP contribution < -0.4 is 18.9 Å². The van der Waals surface area contributed by atoms with Crippen molar-refractivity contribution < 1.29 is 23.7 Å². The lowest BCUT2D eigenvalue weighted by Gasteiger charge is -2.14. The summed E-state index contributed by atoms with van der Waals surface area (Å²) in [5.74, 6) is 2.17. The molecule has 0 N–H and O–H groups in total. The van der Waals surface area contributed by atoms with Gasteiger partial charge in [-0.15, -0.1) is 0 Å². The van der Waals surface area contributed by atoms with Crippen molar-refractivity contribution >= 4 is 51.9 Å². The van der Waals surface area contributed by atoms with Crippen LogP contribution in [0.1, 0.15) is 12.5 Å². The van der Waals surface area contributed by atoms with E-state index >= 15 is 0 Å². The number of halogens is 1. The molecule has 1 fully saturated rings. The smallest absolute Gasteiger partial charge is 0.266 e. The molecule has 2 aromatic rings. The molecule has 0 spiro atoms. The molecule has 0 unspecified atom stereocenters. The van der Waals surface area contributed by atoms with Crippen LogP contribution in [0.3, 0.4) is 0 Å². The Morgan fingerprint density at radius 3 is 2.52 bits per heavy atom. The SMILES string of the molecule is CCN1C(=O)/C(=C/c2cc(Cl)c(OCCOc3cccc(OC)c3)c(OC)c2)SC1=S. The van der Waals surface area contributed by atoms with Crippen molar-refractivity contribution in [2.24, 2.45) is 0 Å². The van der Waals surface area contributed by atoms with Crippen molar-refractivity contribution in [2.45, 2.75) is 6.92 Å². The van der Waals surface area contributed by atoms with Crippen molar-refractivity contribution in [1.82, 2.24) is 4.90 Å². The summed E-state index contributed by atoms with van der Waals surface area (Å²) in [6.07, 6.45) is 1.75. The topological polar surface area (TPSA) is 57.2 Å². The summed E-state index contributed by atoms with van der Waals surface area (Å²) < 4.78 is 22.7. The molecule has 1 aliphatic rings. The summed E-state index contributed by atoms with van der Waals surface area (Å²) >= 11 is 13.0. The van der Waals surface area contributed by atoms with E-state index in [0.717, 1.165) is 11.3 Å². The van der Waals surface area contributed by atoms with E-state index in [1.165, 1.54) is 18.9 Å². The highest BCUT2D eigenvalue weighted by Crippen LogP contribution is 2.39. The molecule has 1 saturated heterocycles. The molecule has 0 aliphatic carbocycles. The second-order valence-corrected chi connectivity index (χ2v) is 8.42. The first-order valence-corrected chi connectivity index (χ1v) is 11.1. The minimum atomic E-state index is -0.109. The lowest BCUT2D eigenvalue weighted by atomic mass is 10.1. The van der Waals surface area contributed by atoms with Crippen molar-refractivity contribution in [3.8, 4) is 23.0 Å². The first kappa shape index (κ1) is 23.2. The van der Waals surface area contributed by atoms with Crippen molar-refractivity contribution in [3.05, 3.63) is 51.9 Å². The Morgan fingerprint density at radius 2 is 1.84 bits per heavy atom. The first-order chi connectivity index (χ1) is 15.0. The maximum atomic E-state index is 12.4. The van der Waals surface area contributed by atoms with Gasteiger partial charge in [0.25, 0.3) is 5.91 Å². The molecule has 3 rings (SSSR count). The second kappa shape index (κ2) is 10.7. The Morgan fingerprint density at radius 1 is 1.10 bits per heavy atom. The number of rotatable bonds is 9. The van der Waals surface area contributed by atoms with Crippen LogP contribution in [0.25, 0.3) is 6.08 Å². The summed E-state index contributed by atoms with van der Waals surface area (Å²) in [5.41, 5.74) is 0.721. The normalized spacial score (nSPS) is 14.8. The number of hydrogen-bond acceptors (Lipinski definition) is 7. The van der Waals surface area contributed by atoms with E-state index in [4.69, 9.17) is 42.8 Å². The third-order valence-corrected chi connectivity index (χ3v) is 6.04. The Kier molecular flexibility index (Phi) is 8.06. The van der Waals surface area contributed by atoms with Gasteiger partial charge in [0, 0.05) is 12.6 Å². The Labute approximate surface area is 196 Å². The molecule has 0 aromatic heterocycles. The number of thioether (sulfide) groups is 1. The van der Waals surface area contributed by atoms with Crippen LogP contribution in [0.4, 0.5) is 0 Å². The van der Waals surface area contributed by atoms with E-state index in [0.29, 0.717) is 44.6 Å². The number of methoxy groups -OCH3 is 2. The summed E-state index contributed by atoms with van der Waals surface area (Å²) in [7, 11) is 3.14. The van der Waals surface area contributed by atoms with Gasteiger partial charge in [0.05, 0.1) is 24.1 Å². The fourth-order valence-corrected chi connectivity index (χ4v) is 4.54. The van der Waals surface area contributed by atoms with Crippen LogP contribution in [-0.2, 0) is 4.79 Å². The number of thiocarbonyl (C=S) groups is 1. The van der Waals surface area contributed by atoms with Gasteiger partial charge < -0.3 is 18.9 Å². The molecule has 0 radical (unpaired) electrons. The Hall–Kier alpha value is -2.42. The Balaban J connectivity index is 1.67. The molecule has 1 aliphatic heterocycles. The fourth-order valence-electron chi connectivity index (χ4n) is 2.88. The number of carbonyl (C=O) groups excluding carboxylic acids is 1. The molecular weight excluding hydrogens is 458 g/mol. The van der Waals surface area contributed by atoms with Crippen LogP contribution in [0.5, 0.6) is 23.0 Å². The zero-order chi connectivity index (χ0) is 22.4. The van der Waals surface area contributed by atoms with Crippen LogP contribution in [0.15, 0.2) is 41.3 Å². The monoisotopic (exact) mass is 479 g/mol. The van der Waals surface area contributed by atoms with Gasteiger partial charge in [-0.2, -0.15) is 0 Å². The second-order valence-electron chi connectivity index (χ2n) is 6.34. The highest BCUT2D eigenvalue weighted by atomic mass is 35.5. The molecule has 2 aromatic carbocycles. The molecule has 31 heavy (non-hydrogen) atoms. The Bertz CT molecular complexity index is 1010. The maximum Gasteiger partial charge on any atom is 0.266 e. The quantitative estimate of drug-likeness (QED) is 0.284. The standard InChI is InChI=1S/C22H22ClNO5S2/c1-4-24-21(25)19(31-22(24)30)12-14-10-17(23)20(18(11-14)27-3)29-9-8-28-16-7-5-6-15(13-16)26-2/h5-7,10-13H,4,8-9H2,1-3H3/b19-12-. The summed E-state index contributed by atoms with van der Waals surface area (Å²) in [6, 6.07) is 10.8. The zero-order valence-corrected chi connectivity index (χ0v) is 19.7. The van der Waals surface area contributed by atoms with E-state index in [1.807, 2.05) is 25.1 Å². The lowest BCUT2D eigenvalue weighted by Crippen LogP contribution is -2.27. The predicted molar refractivity (Wildman–Crippen MR) is 128 cm³/mol. The lowest BCUT2D eigenvalue weighted by molar-refractivity contribution is -0.121. The van der Waals surface area contributed by atoms with Gasteiger partial charge in [-0.1, -0.05) is 41.6 Å². The third kappa shape index (κ3) is 5.64. The first-order valence-electron chi connectivity index (χ1n) is 9.49. The van der Waals surface area contributed by atoms with Crippen LogP contribution in [-0.4, -0.2) is 49.1 Å². The predicted octanol–water partition coefficient (Wildman–Crippen LogP) is 5.04. The zero-order valence-electron chi connectivity index (χ0n) is 17.3. The van der Waals surface area contributed by atoms with Crippen molar-refractivity contribution in [2.75, 3.05) is 34.0 Å². The molecule has 9 heteroatoms. The maximum absolute atomic E-state index is 12.4.